The summed E-state index contributed by atoms with van der Waals surface area (Å²) in [5, 5.41) is 28.1. The quantitative estimate of drug-likeness (QED) is 0.325. The number of pyridine rings is 1. The fourth-order valence-corrected chi connectivity index (χ4v) is 3.09. The van der Waals surface area contributed by atoms with Crippen molar-refractivity contribution in [2.45, 2.75) is 6.54 Å². The zero-order chi connectivity index (χ0) is 20.5. The Kier molecular flexibility index (Phi) is 4.24. The van der Waals surface area contributed by atoms with E-state index in [0.717, 1.165) is 5.56 Å². The number of rotatable bonds is 6. The average molecular weight is 405 g/mol. The maximum Gasteiger partial charge on any atom is 0.311 e. The van der Waals surface area contributed by atoms with Crippen LogP contribution in [0.2, 0.25) is 0 Å². The van der Waals surface area contributed by atoms with Gasteiger partial charge in [-0.05, 0) is 42.0 Å². The molecular weight excluding hydrogens is 390 g/mol. The molecule has 0 bridgehead atoms. The van der Waals surface area contributed by atoms with E-state index in [9.17, 15) is 10.1 Å². The van der Waals surface area contributed by atoms with Crippen molar-refractivity contribution in [3.63, 3.8) is 0 Å². The third-order valence-electron chi connectivity index (χ3n) is 4.56. The van der Waals surface area contributed by atoms with Crippen LogP contribution >= 0.6 is 0 Å². The number of hydrogen-bond acceptors (Lipinski definition) is 9. The van der Waals surface area contributed by atoms with Gasteiger partial charge in [-0.1, -0.05) is 6.07 Å². The Morgan fingerprint density at radius 2 is 1.90 bits per heavy atom. The number of ether oxygens (including phenoxy) is 2. The summed E-state index contributed by atoms with van der Waals surface area (Å²) < 4.78 is 10.7. The molecule has 0 aliphatic carbocycles. The Labute approximate surface area is 169 Å². The van der Waals surface area contributed by atoms with Gasteiger partial charge >= 0.3 is 5.69 Å². The summed E-state index contributed by atoms with van der Waals surface area (Å²) in [5.74, 6) is 2.01. The van der Waals surface area contributed by atoms with Gasteiger partial charge in [-0.25, -0.2) is 4.98 Å². The van der Waals surface area contributed by atoms with Crippen molar-refractivity contribution in [2.75, 3.05) is 17.4 Å². The van der Waals surface area contributed by atoms with E-state index in [1.54, 1.807) is 24.3 Å². The number of nitrogens with zero attached hydrogens (tertiary/aromatic N) is 4. The van der Waals surface area contributed by atoms with Gasteiger partial charge in [0.2, 0.25) is 12.6 Å². The third kappa shape index (κ3) is 3.39. The predicted molar refractivity (Wildman–Crippen MR) is 108 cm³/mol. The minimum Gasteiger partial charge on any atom is -0.454 e. The monoisotopic (exact) mass is 405 g/mol. The van der Waals surface area contributed by atoms with Gasteiger partial charge in [-0.2, -0.15) is 15.4 Å². The van der Waals surface area contributed by atoms with Crippen molar-refractivity contribution >= 4 is 34.0 Å². The SMILES string of the molecule is O=[N+]([O-])c1ccc(NCc2ccc3c(c2)OCO3)nc1Nc1ccc2n[nH]nc2c1. The molecule has 1 aliphatic rings. The lowest BCUT2D eigenvalue weighted by molar-refractivity contribution is -0.384. The fraction of sp³-hybridized carbons (Fsp3) is 0.105. The number of aromatic nitrogens is 4. The highest BCUT2D eigenvalue weighted by atomic mass is 16.7. The standard InChI is InChI=1S/C19H15N7O4/c27-26(28)15-4-6-18(20-9-11-1-5-16-17(7-11)30-10-29-16)22-19(15)21-12-2-3-13-14(8-12)24-25-23-13/h1-8H,9-10H2,(H2,20,21,22)(H,23,24,25). The van der Waals surface area contributed by atoms with E-state index in [0.29, 0.717) is 40.6 Å². The molecule has 0 atom stereocenters. The van der Waals surface area contributed by atoms with Gasteiger partial charge in [0.05, 0.1) is 4.92 Å². The molecule has 11 heteroatoms. The largest absolute Gasteiger partial charge is 0.454 e. The molecule has 11 nitrogen and oxygen atoms in total. The summed E-state index contributed by atoms with van der Waals surface area (Å²) in [6, 6.07) is 13.9. The van der Waals surface area contributed by atoms with Crippen molar-refractivity contribution < 1.29 is 14.4 Å². The van der Waals surface area contributed by atoms with Crippen LogP contribution in [0, 0.1) is 10.1 Å². The van der Waals surface area contributed by atoms with Crippen LogP contribution in [0.15, 0.2) is 48.5 Å². The molecule has 0 radical (unpaired) electrons. The Hall–Kier alpha value is -4.41. The molecule has 0 saturated carbocycles. The number of H-pyrrole nitrogens is 1. The van der Waals surface area contributed by atoms with E-state index < -0.39 is 4.92 Å². The molecule has 1 aliphatic heterocycles. The van der Waals surface area contributed by atoms with Crippen molar-refractivity contribution in [2.24, 2.45) is 0 Å². The summed E-state index contributed by atoms with van der Waals surface area (Å²) in [7, 11) is 0. The second-order valence-electron chi connectivity index (χ2n) is 6.51. The minimum absolute atomic E-state index is 0.124. The fourth-order valence-electron chi connectivity index (χ4n) is 3.09. The van der Waals surface area contributed by atoms with E-state index >= 15 is 0 Å². The normalized spacial score (nSPS) is 12.1. The second kappa shape index (κ2) is 7.20. The minimum atomic E-state index is -0.481. The van der Waals surface area contributed by atoms with E-state index in [1.807, 2.05) is 18.2 Å². The molecule has 5 rings (SSSR count). The topological polar surface area (TPSA) is 140 Å². The average Bonchev–Trinajstić information content (AvgIpc) is 3.40. The first-order valence-corrected chi connectivity index (χ1v) is 9.01. The van der Waals surface area contributed by atoms with Gasteiger partial charge in [-0.3, -0.25) is 10.1 Å². The molecule has 0 unspecified atom stereocenters. The van der Waals surface area contributed by atoms with Crippen molar-refractivity contribution in [1.82, 2.24) is 20.4 Å². The first kappa shape index (κ1) is 17.7. The van der Waals surface area contributed by atoms with E-state index in [1.165, 1.54) is 6.07 Å². The molecular formula is C19H15N7O4. The predicted octanol–water partition coefficient (Wildman–Crippen LogP) is 3.35. The van der Waals surface area contributed by atoms with Crippen LogP contribution in [-0.4, -0.2) is 32.1 Å². The number of anilines is 3. The first-order valence-electron chi connectivity index (χ1n) is 9.01. The number of benzene rings is 2. The Balaban J connectivity index is 1.37. The second-order valence-corrected chi connectivity index (χ2v) is 6.51. The summed E-state index contributed by atoms with van der Waals surface area (Å²) >= 11 is 0. The lowest BCUT2D eigenvalue weighted by Crippen LogP contribution is -2.05. The van der Waals surface area contributed by atoms with Crippen molar-refractivity contribution in [1.29, 1.82) is 0 Å². The van der Waals surface area contributed by atoms with Gasteiger partial charge in [-0.15, -0.1) is 0 Å². The molecule has 2 aromatic heterocycles. The zero-order valence-electron chi connectivity index (χ0n) is 15.5. The maximum atomic E-state index is 11.4. The van der Waals surface area contributed by atoms with E-state index in [2.05, 4.69) is 31.0 Å². The molecule has 0 saturated heterocycles. The number of hydrogen-bond donors (Lipinski definition) is 3. The molecule has 4 aromatic rings. The molecule has 3 heterocycles. The summed E-state index contributed by atoms with van der Waals surface area (Å²) in [6.45, 7) is 0.678. The smallest absolute Gasteiger partial charge is 0.311 e. The Bertz CT molecular complexity index is 1260. The zero-order valence-corrected chi connectivity index (χ0v) is 15.5. The molecule has 150 valence electrons. The van der Waals surface area contributed by atoms with Crippen LogP contribution in [0.3, 0.4) is 0 Å². The number of aromatic amines is 1. The number of nitro groups is 1. The lowest BCUT2D eigenvalue weighted by atomic mass is 10.2. The molecule has 30 heavy (non-hydrogen) atoms. The highest BCUT2D eigenvalue weighted by Crippen LogP contribution is 2.33. The number of fused-ring (bicyclic) bond motifs is 2. The van der Waals surface area contributed by atoms with Crippen LogP contribution < -0.4 is 20.1 Å². The Morgan fingerprint density at radius 1 is 1.03 bits per heavy atom. The van der Waals surface area contributed by atoms with Crippen LogP contribution in [0.25, 0.3) is 11.0 Å². The maximum absolute atomic E-state index is 11.4. The van der Waals surface area contributed by atoms with Gasteiger partial charge in [0.25, 0.3) is 0 Å². The van der Waals surface area contributed by atoms with Crippen LogP contribution in [0.4, 0.5) is 23.0 Å². The van der Waals surface area contributed by atoms with E-state index in [4.69, 9.17) is 9.47 Å². The van der Waals surface area contributed by atoms with Crippen LogP contribution in [0.1, 0.15) is 5.56 Å². The molecule has 0 spiro atoms. The van der Waals surface area contributed by atoms with Gasteiger partial charge in [0.15, 0.2) is 11.5 Å². The highest BCUT2D eigenvalue weighted by Gasteiger charge is 2.17. The molecule has 3 N–H and O–H groups in total. The summed E-state index contributed by atoms with van der Waals surface area (Å²) in [5.41, 5.74) is 2.77. The highest BCUT2D eigenvalue weighted by molar-refractivity contribution is 5.80. The summed E-state index contributed by atoms with van der Waals surface area (Å²) in [6.07, 6.45) is 0. The number of nitrogens with one attached hydrogen (secondary N) is 3. The van der Waals surface area contributed by atoms with Crippen LogP contribution in [-0.2, 0) is 6.54 Å². The molecule has 2 aromatic carbocycles. The molecule has 0 fully saturated rings. The Morgan fingerprint density at radius 3 is 2.80 bits per heavy atom. The first-order chi connectivity index (χ1) is 14.7. The lowest BCUT2D eigenvalue weighted by Gasteiger charge is -2.10. The molecule has 0 amide bonds. The van der Waals surface area contributed by atoms with Gasteiger partial charge in [0, 0.05) is 18.3 Å². The van der Waals surface area contributed by atoms with Gasteiger partial charge in [0.1, 0.15) is 16.9 Å². The van der Waals surface area contributed by atoms with Crippen molar-refractivity contribution in [3.05, 3.63) is 64.2 Å². The van der Waals surface area contributed by atoms with E-state index in [-0.39, 0.29) is 18.3 Å². The van der Waals surface area contributed by atoms with Crippen molar-refractivity contribution in [3.8, 4) is 11.5 Å². The van der Waals surface area contributed by atoms with Gasteiger partial charge < -0.3 is 20.1 Å². The third-order valence-corrected chi connectivity index (χ3v) is 4.56. The summed E-state index contributed by atoms with van der Waals surface area (Å²) in [4.78, 5) is 15.3. The van der Waals surface area contributed by atoms with Crippen LogP contribution in [0.5, 0.6) is 11.5 Å².